The van der Waals surface area contributed by atoms with Gasteiger partial charge in [-0.05, 0) is 32.1 Å². The summed E-state index contributed by atoms with van der Waals surface area (Å²) in [6, 6.07) is 0.820. The van der Waals surface area contributed by atoms with E-state index in [1.807, 2.05) is 4.57 Å². The van der Waals surface area contributed by atoms with Crippen LogP contribution in [-0.2, 0) is 6.54 Å². The van der Waals surface area contributed by atoms with Crippen LogP contribution in [0.25, 0.3) is 0 Å². The Hall–Kier alpha value is -0.680. The highest BCUT2D eigenvalue weighted by atomic mass is 32.1. The van der Waals surface area contributed by atoms with Gasteiger partial charge in [-0.2, -0.15) is 5.10 Å². The van der Waals surface area contributed by atoms with Crippen LogP contribution >= 0.6 is 12.2 Å². The van der Waals surface area contributed by atoms with E-state index in [0.717, 1.165) is 19.1 Å². The molecule has 0 amide bonds. The molecule has 1 aromatic rings. The minimum absolute atomic E-state index is 0.712. The summed E-state index contributed by atoms with van der Waals surface area (Å²) in [5.41, 5.74) is 0. The number of hydrogen-bond donors (Lipinski definition) is 1. The first kappa shape index (κ1) is 8.90. The summed E-state index contributed by atoms with van der Waals surface area (Å²) in [5, 5.41) is 6.62. The number of nitrogens with one attached hydrogen (secondary N) is 1. The van der Waals surface area contributed by atoms with Gasteiger partial charge in [0.1, 0.15) is 6.33 Å². The molecule has 1 aromatic heterocycles. The lowest BCUT2D eigenvalue weighted by Gasteiger charge is -2.14. The molecule has 0 bridgehead atoms. The Balaban J connectivity index is 1.85. The van der Waals surface area contributed by atoms with Crippen molar-refractivity contribution >= 4 is 12.2 Å². The first-order chi connectivity index (χ1) is 6.27. The van der Waals surface area contributed by atoms with E-state index in [2.05, 4.69) is 22.1 Å². The van der Waals surface area contributed by atoms with Crippen molar-refractivity contribution in [1.29, 1.82) is 0 Å². The third-order valence-corrected chi connectivity index (χ3v) is 2.81. The topological polar surface area (TPSA) is 36.9 Å². The average Bonchev–Trinajstić information content (AvgIpc) is 2.88. The molecular formula is C8H14N4S. The van der Waals surface area contributed by atoms with Crippen LogP contribution in [0.4, 0.5) is 0 Å². The van der Waals surface area contributed by atoms with Crippen molar-refractivity contribution in [2.75, 3.05) is 13.6 Å². The predicted octanol–water partition coefficient (Wildman–Crippen LogP) is 1.03. The Morgan fingerprint density at radius 3 is 3.08 bits per heavy atom. The molecule has 1 heterocycles. The number of aromatic amines is 1. The second kappa shape index (κ2) is 3.59. The second-order valence-corrected chi connectivity index (χ2v) is 3.95. The second-order valence-electron chi connectivity index (χ2n) is 3.57. The molecule has 13 heavy (non-hydrogen) atoms. The Morgan fingerprint density at radius 1 is 1.77 bits per heavy atom. The maximum atomic E-state index is 5.05. The van der Waals surface area contributed by atoms with E-state index in [4.69, 9.17) is 12.2 Å². The van der Waals surface area contributed by atoms with E-state index < -0.39 is 0 Å². The molecule has 0 atom stereocenters. The number of H-pyrrole nitrogens is 1. The molecule has 1 aliphatic carbocycles. The Bertz CT molecular complexity index is 325. The normalized spacial score (nSPS) is 16.8. The van der Waals surface area contributed by atoms with Crippen molar-refractivity contribution in [3.63, 3.8) is 0 Å². The molecule has 0 unspecified atom stereocenters. The van der Waals surface area contributed by atoms with Crippen LogP contribution in [-0.4, -0.2) is 39.3 Å². The van der Waals surface area contributed by atoms with Crippen LogP contribution in [0.2, 0.25) is 0 Å². The molecule has 4 nitrogen and oxygen atoms in total. The highest BCUT2D eigenvalue weighted by molar-refractivity contribution is 7.71. The van der Waals surface area contributed by atoms with Gasteiger partial charge < -0.3 is 9.47 Å². The highest BCUT2D eigenvalue weighted by Crippen LogP contribution is 2.24. The monoisotopic (exact) mass is 198 g/mol. The summed E-state index contributed by atoms with van der Waals surface area (Å²) < 4.78 is 2.68. The maximum absolute atomic E-state index is 5.05. The molecule has 72 valence electrons. The fraction of sp³-hybridized carbons (Fsp3) is 0.750. The lowest BCUT2D eigenvalue weighted by atomic mass is 10.5. The number of aromatic nitrogens is 3. The largest absolute Gasteiger partial charge is 0.305 e. The van der Waals surface area contributed by atoms with E-state index in [-0.39, 0.29) is 0 Å². The minimum Gasteiger partial charge on any atom is -0.305 e. The van der Waals surface area contributed by atoms with E-state index in [1.54, 1.807) is 6.33 Å². The maximum Gasteiger partial charge on any atom is 0.194 e. The van der Waals surface area contributed by atoms with Crippen molar-refractivity contribution in [1.82, 2.24) is 19.7 Å². The van der Waals surface area contributed by atoms with Gasteiger partial charge in [-0.1, -0.05) is 0 Å². The first-order valence-corrected chi connectivity index (χ1v) is 4.98. The Kier molecular flexibility index (Phi) is 2.46. The Morgan fingerprint density at radius 2 is 2.54 bits per heavy atom. The van der Waals surface area contributed by atoms with Crippen LogP contribution in [0.15, 0.2) is 6.33 Å². The third kappa shape index (κ3) is 2.16. The molecule has 2 rings (SSSR count). The van der Waals surface area contributed by atoms with E-state index >= 15 is 0 Å². The van der Waals surface area contributed by atoms with Gasteiger partial charge >= 0.3 is 0 Å². The number of rotatable bonds is 4. The summed E-state index contributed by atoms with van der Waals surface area (Å²) in [4.78, 5) is 2.38. The molecule has 1 fully saturated rings. The molecular weight excluding hydrogens is 184 g/mol. The minimum atomic E-state index is 0.712. The van der Waals surface area contributed by atoms with Gasteiger partial charge in [0.2, 0.25) is 0 Å². The molecule has 0 radical (unpaired) electrons. The fourth-order valence-electron chi connectivity index (χ4n) is 1.39. The van der Waals surface area contributed by atoms with Crippen molar-refractivity contribution in [3.8, 4) is 0 Å². The van der Waals surface area contributed by atoms with Gasteiger partial charge in [-0.15, -0.1) is 0 Å². The van der Waals surface area contributed by atoms with Gasteiger partial charge in [0.05, 0.1) is 0 Å². The van der Waals surface area contributed by atoms with E-state index in [9.17, 15) is 0 Å². The van der Waals surface area contributed by atoms with Crippen LogP contribution in [0.1, 0.15) is 12.8 Å². The quantitative estimate of drug-likeness (QED) is 0.734. The van der Waals surface area contributed by atoms with Gasteiger partial charge in [-0.3, -0.25) is 5.10 Å². The smallest absolute Gasteiger partial charge is 0.194 e. The standard InChI is InChI=1S/C8H14N4S/c1-11(7-2-3-7)4-5-12-6-9-10-8(12)13/h6-7H,2-5H2,1H3,(H,10,13). The zero-order valence-electron chi connectivity index (χ0n) is 7.73. The lowest BCUT2D eigenvalue weighted by Crippen LogP contribution is -2.25. The summed E-state index contributed by atoms with van der Waals surface area (Å²) in [7, 11) is 2.17. The molecule has 5 heteroatoms. The van der Waals surface area contributed by atoms with Crippen molar-refractivity contribution in [2.45, 2.75) is 25.4 Å². The SMILES string of the molecule is CN(CCn1cn[nH]c1=S)C1CC1. The highest BCUT2D eigenvalue weighted by Gasteiger charge is 2.25. The predicted molar refractivity (Wildman–Crippen MR) is 53.1 cm³/mol. The van der Waals surface area contributed by atoms with Crippen molar-refractivity contribution < 1.29 is 0 Å². The van der Waals surface area contributed by atoms with Gasteiger partial charge in [0.15, 0.2) is 4.77 Å². The Labute approximate surface area is 82.6 Å². The zero-order chi connectivity index (χ0) is 9.26. The first-order valence-electron chi connectivity index (χ1n) is 4.57. The molecule has 0 aromatic carbocycles. The average molecular weight is 198 g/mol. The summed E-state index contributed by atoms with van der Waals surface area (Å²) >= 11 is 5.05. The molecule has 1 aliphatic rings. The van der Waals surface area contributed by atoms with Crippen molar-refractivity contribution in [2.24, 2.45) is 0 Å². The van der Waals surface area contributed by atoms with Gasteiger partial charge in [0, 0.05) is 19.1 Å². The van der Waals surface area contributed by atoms with Crippen LogP contribution < -0.4 is 0 Å². The number of likely N-dealkylation sites (N-methyl/N-ethyl adjacent to an activating group) is 1. The molecule has 0 aliphatic heterocycles. The van der Waals surface area contributed by atoms with Crippen molar-refractivity contribution in [3.05, 3.63) is 11.1 Å². The number of nitrogens with zero attached hydrogens (tertiary/aromatic N) is 3. The molecule has 1 saturated carbocycles. The number of hydrogen-bond acceptors (Lipinski definition) is 3. The van der Waals surface area contributed by atoms with Gasteiger partial charge in [-0.25, -0.2) is 0 Å². The molecule has 0 saturated heterocycles. The zero-order valence-corrected chi connectivity index (χ0v) is 8.55. The van der Waals surface area contributed by atoms with E-state index in [0.29, 0.717) is 4.77 Å². The summed E-state index contributed by atoms with van der Waals surface area (Å²) in [6.07, 6.45) is 4.46. The fourth-order valence-corrected chi connectivity index (χ4v) is 1.58. The molecule has 0 spiro atoms. The molecule has 1 N–H and O–H groups in total. The van der Waals surface area contributed by atoms with Gasteiger partial charge in [0.25, 0.3) is 0 Å². The van der Waals surface area contributed by atoms with Crippen LogP contribution in [0, 0.1) is 4.77 Å². The summed E-state index contributed by atoms with van der Waals surface area (Å²) in [5.74, 6) is 0. The van der Waals surface area contributed by atoms with Crippen LogP contribution in [0.3, 0.4) is 0 Å². The third-order valence-electron chi connectivity index (χ3n) is 2.48. The summed E-state index contributed by atoms with van der Waals surface area (Å²) in [6.45, 7) is 1.99. The lowest BCUT2D eigenvalue weighted by molar-refractivity contribution is 0.308. The van der Waals surface area contributed by atoms with E-state index in [1.165, 1.54) is 12.8 Å². The van der Waals surface area contributed by atoms with Crippen LogP contribution in [0.5, 0.6) is 0 Å².